The second-order valence-corrected chi connectivity index (χ2v) is 4.72. The molecule has 2 rings (SSSR count). The van der Waals surface area contributed by atoms with Gasteiger partial charge in [0.1, 0.15) is 6.26 Å². The average Bonchev–Trinajstić information content (AvgIpc) is 2.83. The SMILES string of the molecule is COCCNCc1coc(-c2c(Cl)cccc2Cl)n1. The Morgan fingerprint density at radius 2 is 2.05 bits per heavy atom. The van der Waals surface area contributed by atoms with Crippen LogP contribution in [-0.2, 0) is 11.3 Å². The molecule has 6 heteroatoms. The van der Waals surface area contributed by atoms with Crippen LogP contribution in [0.25, 0.3) is 11.5 Å². The summed E-state index contributed by atoms with van der Waals surface area (Å²) in [7, 11) is 1.66. The van der Waals surface area contributed by atoms with Crippen LogP contribution in [0.15, 0.2) is 28.9 Å². The molecule has 0 unspecified atom stereocenters. The van der Waals surface area contributed by atoms with Gasteiger partial charge in [-0.1, -0.05) is 29.3 Å². The largest absolute Gasteiger partial charge is 0.444 e. The molecule has 0 fully saturated rings. The number of rotatable bonds is 6. The highest BCUT2D eigenvalue weighted by Crippen LogP contribution is 2.33. The maximum Gasteiger partial charge on any atom is 0.229 e. The van der Waals surface area contributed by atoms with Gasteiger partial charge in [-0.05, 0) is 12.1 Å². The summed E-state index contributed by atoms with van der Waals surface area (Å²) in [5, 5.41) is 4.23. The van der Waals surface area contributed by atoms with Gasteiger partial charge < -0.3 is 14.5 Å². The Hall–Kier alpha value is -1.07. The number of nitrogens with zero attached hydrogens (tertiary/aromatic N) is 1. The maximum atomic E-state index is 6.10. The van der Waals surface area contributed by atoms with E-state index in [-0.39, 0.29) is 0 Å². The van der Waals surface area contributed by atoms with Crippen LogP contribution in [0.2, 0.25) is 10.0 Å². The number of hydrogen-bond acceptors (Lipinski definition) is 4. The summed E-state index contributed by atoms with van der Waals surface area (Å²) in [5.74, 6) is 0.430. The maximum absolute atomic E-state index is 6.10. The summed E-state index contributed by atoms with van der Waals surface area (Å²) in [6.07, 6.45) is 1.59. The standard InChI is InChI=1S/C13H14Cl2N2O2/c1-18-6-5-16-7-9-8-19-13(17-9)12-10(14)3-2-4-11(12)15/h2-4,8,16H,5-7H2,1H3. The van der Waals surface area contributed by atoms with E-state index in [0.29, 0.717) is 34.7 Å². The molecule has 0 amide bonds. The lowest BCUT2D eigenvalue weighted by atomic mass is 10.2. The molecule has 0 radical (unpaired) electrons. The van der Waals surface area contributed by atoms with Crippen LogP contribution < -0.4 is 5.32 Å². The lowest BCUT2D eigenvalue weighted by Crippen LogP contribution is -2.18. The molecular formula is C13H14Cl2N2O2. The number of ether oxygens (including phenoxy) is 1. The van der Waals surface area contributed by atoms with Crippen LogP contribution in [-0.4, -0.2) is 25.2 Å². The Bertz CT molecular complexity index is 523. The lowest BCUT2D eigenvalue weighted by Gasteiger charge is -2.02. The van der Waals surface area contributed by atoms with Crippen molar-refractivity contribution in [2.24, 2.45) is 0 Å². The fourth-order valence-corrected chi connectivity index (χ4v) is 2.15. The van der Waals surface area contributed by atoms with Gasteiger partial charge in [0, 0.05) is 20.2 Å². The number of aromatic nitrogens is 1. The molecule has 102 valence electrons. The third-order valence-electron chi connectivity index (χ3n) is 2.52. The summed E-state index contributed by atoms with van der Waals surface area (Å²) in [6, 6.07) is 5.29. The average molecular weight is 301 g/mol. The first-order valence-electron chi connectivity index (χ1n) is 5.81. The zero-order valence-electron chi connectivity index (χ0n) is 10.5. The minimum atomic E-state index is 0.430. The van der Waals surface area contributed by atoms with Gasteiger partial charge in [0.25, 0.3) is 0 Å². The minimum absolute atomic E-state index is 0.430. The first-order chi connectivity index (χ1) is 9.22. The molecule has 0 atom stereocenters. The van der Waals surface area contributed by atoms with E-state index in [9.17, 15) is 0 Å². The normalized spacial score (nSPS) is 10.9. The van der Waals surface area contributed by atoms with E-state index in [0.717, 1.165) is 12.2 Å². The number of benzene rings is 1. The number of nitrogens with one attached hydrogen (secondary N) is 1. The molecule has 1 aromatic carbocycles. The predicted octanol–water partition coefficient (Wildman–Crippen LogP) is 3.38. The van der Waals surface area contributed by atoms with Gasteiger partial charge in [-0.3, -0.25) is 0 Å². The fraction of sp³-hybridized carbons (Fsp3) is 0.308. The molecule has 1 heterocycles. The quantitative estimate of drug-likeness (QED) is 0.831. The molecule has 1 N–H and O–H groups in total. The minimum Gasteiger partial charge on any atom is -0.444 e. The van der Waals surface area contributed by atoms with Crippen LogP contribution in [0.1, 0.15) is 5.69 Å². The van der Waals surface area contributed by atoms with Crippen LogP contribution in [0, 0.1) is 0 Å². The first kappa shape index (κ1) is 14.3. The molecule has 2 aromatic rings. The van der Waals surface area contributed by atoms with E-state index in [1.54, 1.807) is 31.6 Å². The number of methoxy groups -OCH3 is 1. The summed E-state index contributed by atoms with van der Waals surface area (Å²) in [4.78, 5) is 4.36. The van der Waals surface area contributed by atoms with Crippen molar-refractivity contribution in [3.05, 3.63) is 40.2 Å². The van der Waals surface area contributed by atoms with Crippen molar-refractivity contribution in [3.63, 3.8) is 0 Å². The summed E-state index contributed by atoms with van der Waals surface area (Å²) in [5.41, 5.74) is 1.41. The summed E-state index contributed by atoms with van der Waals surface area (Å²) >= 11 is 12.2. The highest BCUT2D eigenvalue weighted by molar-refractivity contribution is 6.38. The Balaban J connectivity index is 2.08. The highest BCUT2D eigenvalue weighted by Gasteiger charge is 2.13. The van der Waals surface area contributed by atoms with E-state index >= 15 is 0 Å². The van der Waals surface area contributed by atoms with Gasteiger partial charge in [-0.2, -0.15) is 0 Å². The predicted molar refractivity (Wildman–Crippen MR) is 75.5 cm³/mol. The van der Waals surface area contributed by atoms with Crippen LogP contribution >= 0.6 is 23.2 Å². The van der Waals surface area contributed by atoms with E-state index in [4.69, 9.17) is 32.4 Å². The second-order valence-electron chi connectivity index (χ2n) is 3.91. The molecular weight excluding hydrogens is 287 g/mol. The van der Waals surface area contributed by atoms with Crippen molar-refractivity contribution in [2.75, 3.05) is 20.3 Å². The van der Waals surface area contributed by atoms with Gasteiger partial charge in [-0.15, -0.1) is 0 Å². The van der Waals surface area contributed by atoms with Gasteiger partial charge in [0.2, 0.25) is 5.89 Å². The number of halogens is 2. The van der Waals surface area contributed by atoms with Crippen molar-refractivity contribution < 1.29 is 9.15 Å². The Morgan fingerprint density at radius 1 is 1.32 bits per heavy atom. The monoisotopic (exact) mass is 300 g/mol. The topological polar surface area (TPSA) is 47.3 Å². The molecule has 0 aliphatic carbocycles. The van der Waals surface area contributed by atoms with E-state index in [1.807, 2.05) is 0 Å². The van der Waals surface area contributed by atoms with Gasteiger partial charge in [-0.25, -0.2) is 4.98 Å². The van der Waals surface area contributed by atoms with E-state index in [2.05, 4.69) is 10.3 Å². The zero-order chi connectivity index (χ0) is 13.7. The molecule has 0 saturated heterocycles. The second kappa shape index (κ2) is 6.91. The van der Waals surface area contributed by atoms with Crippen molar-refractivity contribution in [3.8, 4) is 11.5 Å². The first-order valence-corrected chi connectivity index (χ1v) is 6.56. The van der Waals surface area contributed by atoms with E-state index < -0.39 is 0 Å². The van der Waals surface area contributed by atoms with E-state index in [1.165, 1.54) is 0 Å². The molecule has 0 saturated carbocycles. The Labute approximate surface area is 121 Å². The highest BCUT2D eigenvalue weighted by atomic mass is 35.5. The fourth-order valence-electron chi connectivity index (χ4n) is 1.60. The third kappa shape index (κ3) is 3.70. The molecule has 19 heavy (non-hydrogen) atoms. The van der Waals surface area contributed by atoms with Crippen molar-refractivity contribution in [2.45, 2.75) is 6.54 Å². The molecule has 4 nitrogen and oxygen atoms in total. The van der Waals surface area contributed by atoms with Crippen LogP contribution in [0.5, 0.6) is 0 Å². The van der Waals surface area contributed by atoms with Crippen LogP contribution in [0.3, 0.4) is 0 Å². The van der Waals surface area contributed by atoms with Crippen molar-refractivity contribution in [1.29, 1.82) is 0 Å². The molecule has 0 aliphatic rings. The zero-order valence-corrected chi connectivity index (χ0v) is 12.0. The molecule has 0 spiro atoms. The van der Waals surface area contributed by atoms with Gasteiger partial charge >= 0.3 is 0 Å². The lowest BCUT2D eigenvalue weighted by molar-refractivity contribution is 0.199. The summed E-state index contributed by atoms with van der Waals surface area (Å²) < 4.78 is 10.4. The van der Waals surface area contributed by atoms with Crippen molar-refractivity contribution in [1.82, 2.24) is 10.3 Å². The van der Waals surface area contributed by atoms with Crippen LogP contribution in [0.4, 0.5) is 0 Å². The number of oxazole rings is 1. The molecule has 1 aromatic heterocycles. The van der Waals surface area contributed by atoms with Gasteiger partial charge in [0.15, 0.2) is 0 Å². The smallest absolute Gasteiger partial charge is 0.229 e. The summed E-state index contributed by atoms with van der Waals surface area (Å²) in [6.45, 7) is 2.02. The molecule has 0 bridgehead atoms. The third-order valence-corrected chi connectivity index (χ3v) is 3.15. The van der Waals surface area contributed by atoms with Gasteiger partial charge in [0.05, 0.1) is 27.9 Å². The molecule has 0 aliphatic heterocycles. The van der Waals surface area contributed by atoms with Crippen molar-refractivity contribution >= 4 is 23.2 Å². The number of hydrogen-bond donors (Lipinski definition) is 1. The Kier molecular flexibility index (Phi) is 5.22. The Morgan fingerprint density at radius 3 is 2.74 bits per heavy atom.